The van der Waals surface area contributed by atoms with Crippen LogP contribution in [0.1, 0.15) is 38.4 Å². The number of thioether (sulfide) groups is 1. The van der Waals surface area contributed by atoms with Crippen molar-refractivity contribution in [3.63, 3.8) is 0 Å². The van der Waals surface area contributed by atoms with E-state index in [1.807, 2.05) is 0 Å². The highest BCUT2D eigenvalue weighted by Gasteiger charge is 2.46. The predicted molar refractivity (Wildman–Crippen MR) is 131 cm³/mol. The van der Waals surface area contributed by atoms with Crippen molar-refractivity contribution >= 4 is 45.3 Å². The van der Waals surface area contributed by atoms with E-state index in [0.29, 0.717) is 27.0 Å². The molecule has 0 saturated carbocycles. The zero-order valence-corrected chi connectivity index (χ0v) is 22.0. The molecule has 1 atom stereocenters. The quantitative estimate of drug-likeness (QED) is 0.195. The van der Waals surface area contributed by atoms with Gasteiger partial charge in [-0.3, -0.25) is 9.59 Å². The molecule has 0 spiro atoms. The SMILES string of the molecule is CCC(=O)Oc1c(OC)cc(Br)cc1C1N(C(=O)CC)c2ccccc2-c2c([O-])nc(SC)n[n+]21. The predicted octanol–water partition coefficient (Wildman–Crippen LogP) is 3.62. The molecular formula is C24H23BrN4O5S. The van der Waals surface area contributed by atoms with Crippen LogP contribution in [0.5, 0.6) is 17.4 Å². The summed E-state index contributed by atoms with van der Waals surface area (Å²) in [5.41, 5.74) is 1.73. The van der Waals surface area contributed by atoms with Crippen LogP contribution >= 0.6 is 27.7 Å². The molecule has 1 aliphatic heterocycles. The van der Waals surface area contributed by atoms with E-state index in [2.05, 4.69) is 26.0 Å². The first-order valence-corrected chi connectivity index (χ1v) is 12.9. The van der Waals surface area contributed by atoms with Gasteiger partial charge in [0.2, 0.25) is 5.91 Å². The number of halogens is 1. The molecule has 0 radical (unpaired) electrons. The summed E-state index contributed by atoms with van der Waals surface area (Å²) in [6.07, 6.45) is 1.15. The summed E-state index contributed by atoms with van der Waals surface area (Å²) in [7, 11) is 1.46. The van der Waals surface area contributed by atoms with Gasteiger partial charge in [-0.2, -0.15) is 0 Å². The van der Waals surface area contributed by atoms with Crippen molar-refractivity contribution in [3.05, 3.63) is 46.4 Å². The average Bonchev–Trinajstić information content (AvgIpc) is 2.87. The highest BCUT2D eigenvalue weighted by molar-refractivity contribution is 9.10. The molecule has 2 aromatic carbocycles. The second-order valence-corrected chi connectivity index (χ2v) is 9.25. The Balaban J connectivity index is 2.12. The van der Waals surface area contributed by atoms with E-state index in [0.717, 1.165) is 0 Å². The molecule has 1 amide bonds. The lowest BCUT2D eigenvalue weighted by atomic mass is 10.00. The average molecular weight is 559 g/mol. The Kier molecular flexibility index (Phi) is 7.27. The number of esters is 1. The van der Waals surface area contributed by atoms with Crippen molar-refractivity contribution < 1.29 is 28.9 Å². The number of benzene rings is 2. The number of hydrogen-bond acceptors (Lipinski definition) is 8. The molecule has 9 nitrogen and oxygen atoms in total. The monoisotopic (exact) mass is 558 g/mol. The zero-order chi connectivity index (χ0) is 25.3. The first-order chi connectivity index (χ1) is 16.8. The molecule has 0 bridgehead atoms. The number of fused-ring (bicyclic) bond motifs is 3. The molecule has 11 heteroatoms. The van der Waals surface area contributed by atoms with E-state index >= 15 is 0 Å². The van der Waals surface area contributed by atoms with Crippen molar-refractivity contribution in [1.82, 2.24) is 10.1 Å². The molecule has 4 rings (SSSR count). The summed E-state index contributed by atoms with van der Waals surface area (Å²) in [5, 5.41) is 18.1. The van der Waals surface area contributed by atoms with Crippen LogP contribution in [-0.4, -0.2) is 35.3 Å². The molecule has 182 valence electrons. The number of methoxy groups -OCH3 is 1. The van der Waals surface area contributed by atoms with E-state index in [1.54, 1.807) is 61.4 Å². The van der Waals surface area contributed by atoms with E-state index in [9.17, 15) is 14.7 Å². The van der Waals surface area contributed by atoms with Crippen LogP contribution in [0.25, 0.3) is 11.3 Å². The van der Waals surface area contributed by atoms with Gasteiger partial charge in [-0.25, -0.2) is 9.88 Å². The third-order valence-electron chi connectivity index (χ3n) is 5.52. The van der Waals surface area contributed by atoms with E-state index in [4.69, 9.17) is 9.47 Å². The number of nitrogens with zero attached hydrogens (tertiary/aromatic N) is 4. The third-order valence-corrected chi connectivity index (χ3v) is 6.52. The van der Waals surface area contributed by atoms with Gasteiger partial charge in [-0.05, 0) is 30.5 Å². The van der Waals surface area contributed by atoms with Gasteiger partial charge in [0.1, 0.15) is 0 Å². The summed E-state index contributed by atoms with van der Waals surface area (Å²) in [6, 6.07) is 10.5. The molecule has 0 N–H and O–H groups in total. The normalized spacial score (nSPS) is 14.2. The fourth-order valence-electron chi connectivity index (χ4n) is 3.97. The Hall–Kier alpha value is -3.18. The largest absolute Gasteiger partial charge is 0.854 e. The number of amides is 1. The van der Waals surface area contributed by atoms with Crippen molar-refractivity contribution in [1.29, 1.82) is 0 Å². The minimum absolute atomic E-state index is 0.136. The van der Waals surface area contributed by atoms with Gasteiger partial charge in [0, 0.05) is 22.4 Å². The maximum absolute atomic E-state index is 13.4. The standard InChI is InChI=1S/C24H23BrN4O5S/c1-5-18(30)28-16-10-8-7-9-14(16)20-22(32)26-24(35-4)27-29(20)23(28)15-11-13(25)12-17(33-3)21(15)34-19(31)6-2/h7-12,23H,5-6H2,1-4H3. The minimum atomic E-state index is -0.944. The number of ether oxygens (including phenoxy) is 2. The number of carbonyl (C=O) groups excluding carboxylic acids is 2. The molecule has 3 aromatic rings. The van der Waals surface area contributed by atoms with Gasteiger partial charge in [-0.1, -0.05) is 58.4 Å². The maximum atomic E-state index is 13.4. The Labute approximate surface area is 215 Å². The van der Waals surface area contributed by atoms with Gasteiger partial charge < -0.3 is 14.6 Å². The minimum Gasteiger partial charge on any atom is -0.854 e. The summed E-state index contributed by atoms with van der Waals surface area (Å²) in [4.78, 5) is 31.5. The molecule has 0 aliphatic carbocycles. The molecular weight excluding hydrogens is 536 g/mol. The Morgan fingerprint density at radius 3 is 2.63 bits per heavy atom. The van der Waals surface area contributed by atoms with Crippen LogP contribution in [0.3, 0.4) is 0 Å². The second kappa shape index (κ2) is 10.2. The third kappa shape index (κ3) is 4.45. The Morgan fingerprint density at radius 1 is 1.23 bits per heavy atom. The number of rotatable bonds is 6. The number of aromatic nitrogens is 3. The lowest BCUT2D eigenvalue weighted by Gasteiger charge is -2.34. The van der Waals surface area contributed by atoms with Crippen LogP contribution < -0.4 is 24.2 Å². The second-order valence-electron chi connectivity index (χ2n) is 7.56. The molecule has 1 unspecified atom stereocenters. The zero-order valence-electron chi connectivity index (χ0n) is 19.6. The summed E-state index contributed by atoms with van der Waals surface area (Å²) in [6.45, 7) is 3.44. The number of anilines is 1. The van der Waals surface area contributed by atoms with Crippen molar-refractivity contribution in [2.75, 3.05) is 18.3 Å². The van der Waals surface area contributed by atoms with Crippen LogP contribution in [-0.2, 0) is 9.59 Å². The lowest BCUT2D eigenvalue weighted by Crippen LogP contribution is -2.59. The maximum Gasteiger partial charge on any atom is 0.311 e. The van der Waals surface area contributed by atoms with Crippen LogP contribution in [0.4, 0.5) is 5.69 Å². The topological polar surface area (TPSA) is 109 Å². The van der Waals surface area contributed by atoms with Gasteiger partial charge >= 0.3 is 5.97 Å². The Bertz CT molecular complexity index is 1320. The molecule has 35 heavy (non-hydrogen) atoms. The molecule has 1 aliphatic rings. The number of carbonyl (C=O) groups is 2. The fraction of sp³-hybridized carbons (Fsp3) is 0.292. The lowest BCUT2D eigenvalue weighted by molar-refractivity contribution is -0.764. The number of hydrogen-bond donors (Lipinski definition) is 0. The van der Waals surface area contributed by atoms with Crippen molar-refractivity contribution in [3.8, 4) is 28.6 Å². The van der Waals surface area contributed by atoms with Crippen molar-refractivity contribution in [2.24, 2.45) is 0 Å². The van der Waals surface area contributed by atoms with Crippen LogP contribution in [0.2, 0.25) is 0 Å². The summed E-state index contributed by atoms with van der Waals surface area (Å²) >= 11 is 4.71. The molecule has 0 fully saturated rings. The van der Waals surface area contributed by atoms with Gasteiger partial charge in [0.15, 0.2) is 11.5 Å². The first-order valence-electron chi connectivity index (χ1n) is 10.9. The van der Waals surface area contributed by atoms with Crippen LogP contribution in [0, 0.1) is 0 Å². The van der Waals surface area contributed by atoms with Crippen molar-refractivity contribution in [2.45, 2.75) is 38.0 Å². The number of para-hydroxylation sites is 1. The first kappa shape index (κ1) is 24.9. The smallest absolute Gasteiger partial charge is 0.311 e. The van der Waals surface area contributed by atoms with Gasteiger partial charge in [-0.15, -0.1) is 0 Å². The van der Waals surface area contributed by atoms with E-state index < -0.39 is 18.0 Å². The highest BCUT2D eigenvalue weighted by Crippen LogP contribution is 2.45. The van der Waals surface area contributed by atoms with Crippen LogP contribution in [0.15, 0.2) is 46.0 Å². The van der Waals surface area contributed by atoms with Gasteiger partial charge in [0.05, 0.1) is 29.8 Å². The molecule has 2 heterocycles. The highest BCUT2D eigenvalue weighted by atomic mass is 79.9. The molecule has 1 aromatic heterocycles. The fourth-order valence-corrected chi connectivity index (χ4v) is 4.77. The van der Waals surface area contributed by atoms with E-state index in [-0.39, 0.29) is 35.3 Å². The summed E-state index contributed by atoms with van der Waals surface area (Å²) in [5.74, 6) is -0.708. The van der Waals surface area contributed by atoms with Gasteiger partial charge in [0.25, 0.3) is 17.0 Å². The summed E-state index contributed by atoms with van der Waals surface area (Å²) < 4.78 is 13.4. The Morgan fingerprint density at radius 2 is 1.97 bits per heavy atom. The van der Waals surface area contributed by atoms with E-state index in [1.165, 1.54) is 23.6 Å². The molecule has 0 saturated heterocycles.